The molecule has 2 unspecified atom stereocenters. The minimum Gasteiger partial charge on any atom is -0.496 e. The van der Waals surface area contributed by atoms with Crippen molar-refractivity contribution in [2.24, 2.45) is 11.8 Å². The molecule has 0 aromatic heterocycles. The second-order valence-corrected chi connectivity index (χ2v) is 5.10. The summed E-state index contributed by atoms with van der Waals surface area (Å²) in [6.07, 6.45) is 0.978. The summed E-state index contributed by atoms with van der Waals surface area (Å²) >= 11 is 0. The van der Waals surface area contributed by atoms with Crippen molar-refractivity contribution in [1.82, 2.24) is 5.32 Å². The quantitative estimate of drug-likeness (QED) is 0.853. The summed E-state index contributed by atoms with van der Waals surface area (Å²) < 4.78 is 5.45. The molecule has 0 fully saturated rings. The molecule has 19 heavy (non-hydrogen) atoms. The van der Waals surface area contributed by atoms with E-state index >= 15 is 0 Å². The summed E-state index contributed by atoms with van der Waals surface area (Å²) in [6, 6.07) is 8.63. The van der Waals surface area contributed by atoms with Crippen LogP contribution < -0.4 is 10.1 Å². The fourth-order valence-corrected chi connectivity index (χ4v) is 2.38. The number of methoxy groups -OCH3 is 1. The van der Waals surface area contributed by atoms with E-state index in [0.29, 0.717) is 0 Å². The van der Waals surface area contributed by atoms with Crippen molar-refractivity contribution >= 4 is 0 Å². The molecule has 3 heteroatoms. The van der Waals surface area contributed by atoms with Crippen LogP contribution in [-0.4, -0.2) is 14.2 Å². The van der Waals surface area contributed by atoms with Crippen LogP contribution in [0.3, 0.4) is 0 Å². The fourth-order valence-electron chi connectivity index (χ4n) is 2.38. The highest BCUT2D eigenvalue weighted by Gasteiger charge is 2.27. The molecule has 0 amide bonds. The second-order valence-electron chi connectivity index (χ2n) is 5.10. The molecule has 1 aromatic rings. The Balaban J connectivity index is 3.26. The number of nitriles is 1. The molecule has 104 valence electrons. The molecular formula is C16H24N2O. The Morgan fingerprint density at radius 3 is 2.47 bits per heavy atom. The van der Waals surface area contributed by atoms with Gasteiger partial charge in [-0.2, -0.15) is 5.26 Å². The van der Waals surface area contributed by atoms with Crippen LogP contribution in [-0.2, 0) is 6.42 Å². The van der Waals surface area contributed by atoms with Gasteiger partial charge in [-0.25, -0.2) is 0 Å². The number of rotatable bonds is 6. The third kappa shape index (κ3) is 3.48. The van der Waals surface area contributed by atoms with Gasteiger partial charge in [-0.3, -0.25) is 0 Å². The van der Waals surface area contributed by atoms with Gasteiger partial charge < -0.3 is 10.1 Å². The number of ether oxygens (including phenoxy) is 1. The zero-order valence-electron chi connectivity index (χ0n) is 12.5. The Bertz CT molecular complexity index is 449. The van der Waals surface area contributed by atoms with Crippen LogP contribution >= 0.6 is 0 Å². The standard InChI is InChI=1S/C16H24N2O/c1-6-12-7-8-15(19-5)13(9-12)16(18-4)14(10-17)11(2)3/h7-9,11,14,16,18H,6H2,1-5H3. The summed E-state index contributed by atoms with van der Waals surface area (Å²) in [6.45, 7) is 6.28. The summed E-state index contributed by atoms with van der Waals surface area (Å²) in [4.78, 5) is 0. The molecular weight excluding hydrogens is 236 g/mol. The van der Waals surface area contributed by atoms with E-state index in [0.717, 1.165) is 17.7 Å². The second kappa shape index (κ2) is 7.16. The van der Waals surface area contributed by atoms with Crippen molar-refractivity contribution in [3.05, 3.63) is 29.3 Å². The van der Waals surface area contributed by atoms with E-state index in [1.165, 1.54) is 5.56 Å². The van der Waals surface area contributed by atoms with Gasteiger partial charge in [-0.1, -0.05) is 32.9 Å². The van der Waals surface area contributed by atoms with Gasteiger partial charge in [0.15, 0.2) is 0 Å². The Hall–Kier alpha value is -1.53. The lowest BCUT2D eigenvalue weighted by molar-refractivity contribution is 0.343. The molecule has 0 heterocycles. The van der Waals surface area contributed by atoms with E-state index in [2.05, 4.69) is 44.3 Å². The van der Waals surface area contributed by atoms with Gasteiger partial charge in [0.1, 0.15) is 5.75 Å². The topological polar surface area (TPSA) is 45.0 Å². The number of nitrogens with one attached hydrogen (secondary N) is 1. The van der Waals surface area contributed by atoms with Crippen LogP contribution in [0.2, 0.25) is 0 Å². The lowest BCUT2D eigenvalue weighted by Gasteiger charge is -2.26. The van der Waals surface area contributed by atoms with Gasteiger partial charge in [0.25, 0.3) is 0 Å². The number of aryl methyl sites for hydroxylation is 1. The molecule has 0 spiro atoms. The maximum Gasteiger partial charge on any atom is 0.123 e. The van der Waals surface area contributed by atoms with Gasteiger partial charge in [0, 0.05) is 5.56 Å². The third-order valence-electron chi connectivity index (χ3n) is 3.57. The molecule has 0 bridgehead atoms. The molecule has 0 aliphatic carbocycles. The maximum atomic E-state index is 9.42. The smallest absolute Gasteiger partial charge is 0.123 e. The van der Waals surface area contributed by atoms with E-state index in [1.807, 2.05) is 13.1 Å². The molecule has 0 aliphatic rings. The minimum atomic E-state index is -0.0778. The predicted octanol–water partition coefficient (Wildman–Crippen LogP) is 3.31. The van der Waals surface area contributed by atoms with E-state index in [-0.39, 0.29) is 17.9 Å². The van der Waals surface area contributed by atoms with Crippen LogP contribution in [0, 0.1) is 23.2 Å². The number of benzene rings is 1. The van der Waals surface area contributed by atoms with Crippen LogP contribution in [0.15, 0.2) is 18.2 Å². The van der Waals surface area contributed by atoms with Crippen molar-refractivity contribution in [2.75, 3.05) is 14.2 Å². The van der Waals surface area contributed by atoms with Gasteiger partial charge in [0.05, 0.1) is 25.1 Å². The largest absolute Gasteiger partial charge is 0.496 e. The minimum absolute atomic E-state index is 0.00792. The van der Waals surface area contributed by atoms with Crippen LogP contribution in [0.25, 0.3) is 0 Å². The van der Waals surface area contributed by atoms with Gasteiger partial charge >= 0.3 is 0 Å². The first-order chi connectivity index (χ1) is 9.08. The molecule has 0 saturated heterocycles. The van der Waals surface area contributed by atoms with Crippen molar-refractivity contribution in [2.45, 2.75) is 33.2 Å². The zero-order chi connectivity index (χ0) is 14.4. The fraction of sp³-hybridized carbons (Fsp3) is 0.562. The van der Waals surface area contributed by atoms with Gasteiger partial charge in [-0.15, -0.1) is 0 Å². The first-order valence-corrected chi connectivity index (χ1v) is 6.82. The number of nitrogens with zero attached hydrogens (tertiary/aromatic N) is 1. The SMILES string of the molecule is CCc1ccc(OC)c(C(NC)C(C#N)C(C)C)c1. The zero-order valence-corrected chi connectivity index (χ0v) is 12.5. The highest BCUT2D eigenvalue weighted by Crippen LogP contribution is 2.34. The average Bonchev–Trinajstić information content (AvgIpc) is 2.43. The van der Waals surface area contributed by atoms with Gasteiger partial charge in [-0.05, 0) is 31.0 Å². The van der Waals surface area contributed by atoms with E-state index in [4.69, 9.17) is 4.74 Å². The predicted molar refractivity (Wildman–Crippen MR) is 78.1 cm³/mol. The van der Waals surface area contributed by atoms with E-state index in [9.17, 15) is 5.26 Å². The first-order valence-electron chi connectivity index (χ1n) is 6.82. The molecule has 1 rings (SSSR count). The summed E-state index contributed by atoms with van der Waals surface area (Å²) in [5.41, 5.74) is 2.33. The Morgan fingerprint density at radius 1 is 1.37 bits per heavy atom. The van der Waals surface area contributed by atoms with Crippen LogP contribution in [0.4, 0.5) is 0 Å². The first kappa shape index (κ1) is 15.5. The highest BCUT2D eigenvalue weighted by atomic mass is 16.5. The van der Waals surface area contributed by atoms with E-state index in [1.54, 1.807) is 7.11 Å². The molecule has 0 aliphatic heterocycles. The summed E-state index contributed by atoms with van der Waals surface area (Å²) in [5.74, 6) is 1.06. The molecule has 2 atom stereocenters. The Morgan fingerprint density at radius 2 is 2.05 bits per heavy atom. The number of hydrogen-bond donors (Lipinski definition) is 1. The van der Waals surface area contributed by atoms with Crippen molar-refractivity contribution in [3.8, 4) is 11.8 Å². The normalized spacial score (nSPS) is 13.9. The number of hydrogen-bond acceptors (Lipinski definition) is 3. The van der Waals surface area contributed by atoms with Crippen molar-refractivity contribution in [1.29, 1.82) is 5.26 Å². The highest BCUT2D eigenvalue weighted by molar-refractivity contribution is 5.40. The summed E-state index contributed by atoms with van der Waals surface area (Å²) in [7, 11) is 3.57. The average molecular weight is 260 g/mol. The Kier molecular flexibility index (Phi) is 5.85. The Labute approximate surface area is 116 Å². The molecule has 1 N–H and O–H groups in total. The van der Waals surface area contributed by atoms with Gasteiger partial charge in [0.2, 0.25) is 0 Å². The molecule has 3 nitrogen and oxygen atoms in total. The maximum absolute atomic E-state index is 9.42. The summed E-state index contributed by atoms with van der Waals surface area (Å²) in [5, 5.41) is 12.7. The van der Waals surface area contributed by atoms with Crippen LogP contribution in [0.1, 0.15) is 37.9 Å². The molecule has 0 radical (unpaired) electrons. The lowest BCUT2D eigenvalue weighted by atomic mass is 9.84. The van der Waals surface area contributed by atoms with Crippen LogP contribution in [0.5, 0.6) is 5.75 Å². The lowest BCUT2D eigenvalue weighted by Crippen LogP contribution is -2.28. The van der Waals surface area contributed by atoms with E-state index < -0.39 is 0 Å². The third-order valence-corrected chi connectivity index (χ3v) is 3.57. The monoisotopic (exact) mass is 260 g/mol. The van der Waals surface area contributed by atoms with Crippen molar-refractivity contribution in [3.63, 3.8) is 0 Å². The molecule has 1 aromatic carbocycles. The molecule has 0 saturated carbocycles. The van der Waals surface area contributed by atoms with Crippen molar-refractivity contribution < 1.29 is 4.74 Å².